The van der Waals surface area contributed by atoms with Crippen LogP contribution in [0.5, 0.6) is 23.0 Å². The summed E-state index contributed by atoms with van der Waals surface area (Å²) in [5, 5.41) is 9.82. The number of nitriles is 1. The van der Waals surface area contributed by atoms with Crippen LogP contribution in [0.3, 0.4) is 0 Å². The minimum atomic E-state index is -0.409. The van der Waals surface area contributed by atoms with Gasteiger partial charge in [0, 0.05) is 42.6 Å². The van der Waals surface area contributed by atoms with Crippen molar-refractivity contribution in [3.8, 4) is 40.2 Å². The van der Waals surface area contributed by atoms with Crippen LogP contribution in [0.25, 0.3) is 11.1 Å². The van der Waals surface area contributed by atoms with Gasteiger partial charge in [0.2, 0.25) is 0 Å². The summed E-state index contributed by atoms with van der Waals surface area (Å²) < 4.78 is 30.5. The Bertz CT molecular complexity index is 2220. The number of aromatic nitrogens is 1. The molecule has 0 N–H and O–H groups in total. The highest BCUT2D eigenvalue weighted by molar-refractivity contribution is 6.32. The number of carbonyl (C=O) groups is 2. The van der Waals surface area contributed by atoms with Crippen molar-refractivity contribution in [3.63, 3.8) is 0 Å². The number of likely N-dealkylation sites (tertiary alicyclic amines) is 1. The van der Waals surface area contributed by atoms with Crippen molar-refractivity contribution in [2.24, 2.45) is 0 Å². The zero-order valence-corrected chi connectivity index (χ0v) is 31.9. The molecule has 0 saturated carbocycles. The van der Waals surface area contributed by atoms with E-state index >= 15 is 0 Å². The molecule has 1 fully saturated rings. The monoisotopic (exact) mass is 771 g/mol. The number of benzene rings is 4. The van der Waals surface area contributed by atoms with Gasteiger partial charge in [-0.2, -0.15) is 5.26 Å². The number of pyridine rings is 1. The minimum Gasteiger partial charge on any atom is -0.488 e. The molecule has 0 spiro atoms. The molecule has 0 radical (unpaired) electrons. The first-order valence-electron chi connectivity index (χ1n) is 18.7. The van der Waals surface area contributed by atoms with Gasteiger partial charge in [-0.1, -0.05) is 72.6 Å². The summed E-state index contributed by atoms with van der Waals surface area (Å²) in [6.07, 6.45) is 6.53. The molecule has 11 heteroatoms. The quantitative estimate of drug-likeness (QED) is 0.0802. The molecule has 1 saturated heterocycles. The smallest absolute Gasteiger partial charge is 0.323 e. The van der Waals surface area contributed by atoms with Crippen LogP contribution >= 0.6 is 11.6 Å². The van der Waals surface area contributed by atoms with Gasteiger partial charge in [0.15, 0.2) is 11.5 Å². The van der Waals surface area contributed by atoms with E-state index in [0.717, 1.165) is 58.1 Å². The zero-order chi connectivity index (χ0) is 38.9. The molecular weight excluding hydrogens is 730 g/mol. The second kappa shape index (κ2) is 18.2. The van der Waals surface area contributed by atoms with Crippen molar-refractivity contribution in [2.75, 3.05) is 13.2 Å². The van der Waals surface area contributed by atoms with E-state index in [1.807, 2.05) is 79.7 Å². The van der Waals surface area contributed by atoms with Crippen LogP contribution in [-0.4, -0.2) is 47.4 Å². The number of fused-ring (bicyclic) bond motifs is 1. The molecule has 10 nitrogen and oxygen atoms in total. The van der Waals surface area contributed by atoms with Crippen LogP contribution in [0, 0.1) is 18.3 Å². The van der Waals surface area contributed by atoms with Crippen molar-refractivity contribution >= 4 is 23.9 Å². The van der Waals surface area contributed by atoms with Crippen LogP contribution in [0.15, 0.2) is 97.3 Å². The molecule has 4 aromatic carbocycles. The number of rotatable bonds is 14. The summed E-state index contributed by atoms with van der Waals surface area (Å²) >= 11 is 6.94. The number of carbonyl (C=O) groups excluding carboxylic acids is 2. The third kappa shape index (κ3) is 9.31. The van der Waals surface area contributed by atoms with E-state index in [-0.39, 0.29) is 38.3 Å². The highest BCUT2D eigenvalue weighted by atomic mass is 35.5. The number of nitrogens with zero attached hydrogens (tertiary/aromatic N) is 3. The average Bonchev–Trinajstić information content (AvgIpc) is 3.23. The van der Waals surface area contributed by atoms with Crippen LogP contribution in [0.1, 0.15) is 59.1 Å². The molecule has 0 bridgehead atoms. The van der Waals surface area contributed by atoms with Crippen LogP contribution in [-0.2, 0) is 40.7 Å². The fourth-order valence-corrected chi connectivity index (χ4v) is 7.28. The lowest BCUT2D eigenvalue weighted by molar-refractivity contribution is -0.153. The molecule has 2 aliphatic rings. The molecule has 0 aliphatic carbocycles. The van der Waals surface area contributed by atoms with Gasteiger partial charge >= 0.3 is 5.97 Å². The Hall–Kier alpha value is -5.89. The average molecular weight is 772 g/mol. The first-order chi connectivity index (χ1) is 27.4. The summed E-state index contributed by atoms with van der Waals surface area (Å²) in [4.78, 5) is 30.8. The summed E-state index contributed by atoms with van der Waals surface area (Å²) in [5.74, 6) is 1.99. The maximum Gasteiger partial charge on any atom is 0.323 e. The molecule has 5 aromatic rings. The Morgan fingerprint density at radius 1 is 0.929 bits per heavy atom. The Labute approximate surface area is 331 Å². The largest absolute Gasteiger partial charge is 0.488 e. The molecule has 0 amide bonds. The van der Waals surface area contributed by atoms with Crippen LogP contribution < -0.4 is 18.9 Å². The Morgan fingerprint density at radius 3 is 2.62 bits per heavy atom. The van der Waals surface area contributed by atoms with E-state index in [9.17, 15) is 14.9 Å². The van der Waals surface area contributed by atoms with Crippen molar-refractivity contribution in [3.05, 3.63) is 136 Å². The number of esters is 1. The third-order valence-electron chi connectivity index (χ3n) is 10.1. The van der Waals surface area contributed by atoms with Crippen LogP contribution in [0.4, 0.5) is 0 Å². The summed E-state index contributed by atoms with van der Waals surface area (Å²) in [7, 11) is 0. The third-order valence-corrected chi connectivity index (χ3v) is 10.4. The van der Waals surface area contributed by atoms with E-state index in [0.29, 0.717) is 59.7 Å². The molecule has 7 rings (SSSR count). The number of halogens is 1. The van der Waals surface area contributed by atoms with Crippen molar-refractivity contribution < 1.29 is 33.3 Å². The second-order valence-corrected chi connectivity index (χ2v) is 14.3. The molecule has 286 valence electrons. The molecule has 1 unspecified atom stereocenters. The number of ether oxygens (including phenoxy) is 5. The van der Waals surface area contributed by atoms with Gasteiger partial charge in [-0.05, 0) is 78.4 Å². The highest BCUT2D eigenvalue weighted by Crippen LogP contribution is 2.39. The summed E-state index contributed by atoms with van der Waals surface area (Å²) in [6.45, 7) is 4.11. The SMILES string of the molecule is Cc1c(COc2cc(OCc3cncc(C#N)c3)c(CN3CCCC[C@H]3C(=O)OCc3ccccc3)cc2Cl)cccc1-c1ccc2c(c1)OC(CC=O)CO2. The van der Waals surface area contributed by atoms with Crippen molar-refractivity contribution in [1.82, 2.24) is 9.88 Å². The predicted octanol–water partition coefficient (Wildman–Crippen LogP) is 8.57. The van der Waals surface area contributed by atoms with Gasteiger partial charge in [-0.25, -0.2) is 0 Å². The summed E-state index contributed by atoms with van der Waals surface area (Å²) in [6, 6.07) is 28.6. The van der Waals surface area contributed by atoms with E-state index in [1.165, 1.54) is 6.20 Å². The van der Waals surface area contributed by atoms with Gasteiger partial charge < -0.3 is 28.5 Å². The molecule has 3 heterocycles. The lowest BCUT2D eigenvalue weighted by Gasteiger charge is -2.34. The molecule has 2 aliphatic heterocycles. The van der Waals surface area contributed by atoms with Gasteiger partial charge in [-0.3, -0.25) is 14.7 Å². The van der Waals surface area contributed by atoms with Crippen molar-refractivity contribution in [1.29, 1.82) is 5.26 Å². The van der Waals surface area contributed by atoms with E-state index in [2.05, 4.69) is 16.0 Å². The molecule has 1 aromatic heterocycles. The second-order valence-electron chi connectivity index (χ2n) is 13.9. The standard InChI is InChI=1S/C45H42ClN3O7/c1-30-35(10-7-11-38(30)34-13-14-41-44(20-34)56-37(15-17-50)29-54-41)28-53-43-21-42(52-27-33-18-32(22-47)23-48-24-33)36(19-39(43)46)25-49-16-6-5-12-40(49)45(51)55-26-31-8-3-2-4-9-31/h2-4,7-11,13-14,17-21,23-24,37,40H,5-6,12,15-16,25-29H2,1H3/t37?,40-/m0/s1. The van der Waals surface area contributed by atoms with Gasteiger partial charge in [0.1, 0.15) is 62.4 Å². The maximum absolute atomic E-state index is 13.4. The van der Waals surface area contributed by atoms with Gasteiger partial charge in [0.05, 0.1) is 10.6 Å². The first kappa shape index (κ1) is 38.4. The minimum absolute atomic E-state index is 0.158. The first-order valence-corrected chi connectivity index (χ1v) is 19.1. The number of aldehydes is 1. The van der Waals surface area contributed by atoms with E-state index in [1.54, 1.807) is 18.3 Å². The van der Waals surface area contributed by atoms with Gasteiger partial charge in [-0.15, -0.1) is 0 Å². The molecular formula is C45H42ClN3O7. The van der Waals surface area contributed by atoms with Crippen LogP contribution in [0.2, 0.25) is 5.02 Å². The Balaban J connectivity index is 1.11. The fraction of sp³-hybridized carbons (Fsp3) is 0.289. The van der Waals surface area contributed by atoms with E-state index < -0.39 is 6.04 Å². The Kier molecular flexibility index (Phi) is 12.5. The Morgan fingerprint density at radius 2 is 1.79 bits per heavy atom. The predicted molar refractivity (Wildman–Crippen MR) is 211 cm³/mol. The maximum atomic E-state index is 13.4. The lowest BCUT2D eigenvalue weighted by Crippen LogP contribution is -2.44. The molecule has 56 heavy (non-hydrogen) atoms. The number of piperidine rings is 1. The number of hydrogen-bond acceptors (Lipinski definition) is 10. The zero-order valence-electron chi connectivity index (χ0n) is 31.1. The van der Waals surface area contributed by atoms with E-state index in [4.69, 9.17) is 35.3 Å². The highest BCUT2D eigenvalue weighted by Gasteiger charge is 2.31. The lowest BCUT2D eigenvalue weighted by atomic mass is 9.96. The number of hydrogen-bond donors (Lipinski definition) is 0. The van der Waals surface area contributed by atoms with Crippen molar-refractivity contribution in [2.45, 2.75) is 71.1 Å². The fourth-order valence-electron chi connectivity index (χ4n) is 7.04. The van der Waals surface area contributed by atoms with Gasteiger partial charge in [0.25, 0.3) is 0 Å². The molecule has 2 atom stereocenters. The summed E-state index contributed by atoms with van der Waals surface area (Å²) in [5.41, 5.74) is 6.85. The normalized spacial score (nSPS) is 16.4. The topological polar surface area (TPSA) is 120 Å².